The highest BCUT2D eigenvalue weighted by Gasteiger charge is 2.21. The van der Waals surface area contributed by atoms with Crippen molar-refractivity contribution in [2.75, 3.05) is 0 Å². The van der Waals surface area contributed by atoms with Crippen LogP contribution >= 0.6 is 0 Å². The van der Waals surface area contributed by atoms with Crippen LogP contribution < -0.4 is 0 Å². The first-order valence-corrected chi connectivity index (χ1v) is 39.5. The average molecular weight is 1480 g/mol. The summed E-state index contributed by atoms with van der Waals surface area (Å²) in [5.41, 5.74) is 35.2. The molecule has 0 saturated carbocycles. The minimum absolute atomic E-state index is 0.615. The van der Waals surface area contributed by atoms with E-state index < -0.39 is 0 Å². The van der Waals surface area contributed by atoms with Crippen LogP contribution in [-0.4, -0.2) is 19.5 Å². The maximum Gasteiger partial charge on any atom is 0.164 e. The Labute approximate surface area is 673 Å². The van der Waals surface area contributed by atoms with Crippen molar-refractivity contribution >= 4 is 43.7 Å². The molecule has 0 saturated heterocycles. The first kappa shape index (κ1) is 68.6. The van der Waals surface area contributed by atoms with Crippen LogP contribution in [0.5, 0.6) is 0 Å². The molecule has 3 aromatic heterocycles. The summed E-state index contributed by atoms with van der Waals surface area (Å²) in [5, 5.41) is 4.52. The number of hydrogen-bond acceptors (Lipinski definition) is 4. The van der Waals surface area contributed by atoms with Crippen LogP contribution in [0.15, 0.2) is 441 Å². The summed E-state index contributed by atoms with van der Waals surface area (Å²) in [4.78, 5) is 15.1. The maximum atomic E-state index is 6.87. The Bertz CT molecular complexity index is 7080. The zero-order chi connectivity index (χ0) is 76.8. The predicted octanol–water partition coefficient (Wildman–Crippen LogP) is 29.9. The van der Waals surface area contributed by atoms with Crippen LogP contribution in [0.3, 0.4) is 0 Å². The topological polar surface area (TPSA) is 56.7 Å². The zero-order valence-corrected chi connectivity index (χ0v) is 63.3. The second kappa shape index (κ2) is 29.7. The molecule has 0 fully saturated rings. The lowest BCUT2D eigenvalue weighted by Gasteiger charge is -2.13. The Morgan fingerprint density at radius 2 is 0.431 bits per heavy atom. The molecular formula is C111H72N4O. The van der Waals surface area contributed by atoms with E-state index in [0.717, 1.165) is 144 Å². The van der Waals surface area contributed by atoms with Gasteiger partial charge < -0.3 is 8.98 Å². The van der Waals surface area contributed by atoms with E-state index in [1.807, 2.05) is 66.7 Å². The van der Waals surface area contributed by atoms with Gasteiger partial charge in [-0.15, -0.1) is 0 Å². The molecule has 3 heterocycles. The first-order valence-electron chi connectivity index (χ1n) is 39.5. The van der Waals surface area contributed by atoms with Gasteiger partial charge in [0.15, 0.2) is 17.5 Å². The third kappa shape index (κ3) is 13.3. The lowest BCUT2D eigenvalue weighted by Crippen LogP contribution is -2.00. The minimum atomic E-state index is 0.615. The number of furan rings is 1. The van der Waals surface area contributed by atoms with Crippen LogP contribution in [0.1, 0.15) is 0 Å². The molecule has 5 heteroatoms. The average Bonchev–Trinajstić information content (AvgIpc) is 1.58. The fourth-order valence-electron chi connectivity index (χ4n) is 16.7. The highest BCUT2D eigenvalue weighted by Crippen LogP contribution is 2.45. The fourth-order valence-corrected chi connectivity index (χ4v) is 16.7. The van der Waals surface area contributed by atoms with Gasteiger partial charge in [0, 0.05) is 49.5 Å². The molecule has 0 bridgehead atoms. The van der Waals surface area contributed by atoms with Crippen molar-refractivity contribution in [3.63, 3.8) is 0 Å². The van der Waals surface area contributed by atoms with Crippen LogP contribution in [0.25, 0.3) is 217 Å². The van der Waals surface area contributed by atoms with Gasteiger partial charge in [-0.25, -0.2) is 15.0 Å². The molecule has 18 aromatic carbocycles. The lowest BCUT2D eigenvalue weighted by atomic mass is 9.92. The zero-order valence-electron chi connectivity index (χ0n) is 63.3. The third-order valence-electron chi connectivity index (χ3n) is 22.6. The fraction of sp³-hybridized carbons (Fsp3) is 0. The van der Waals surface area contributed by atoms with E-state index in [2.05, 4.69) is 375 Å². The second-order valence-corrected chi connectivity index (χ2v) is 29.8. The largest absolute Gasteiger partial charge is 0.455 e. The summed E-state index contributed by atoms with van der Waals surface area (Å²) in [6, 6.07) is 158. The number of aromatic nitrogens is 4. The van der Waals surface area contributed by atoms with Crippen molar-refractivity contribution in [3.05, 3.63) is 437 Å². The summed E-state index contributed by atoms with van der Waals surface area (Å²) in [7, 11) is 0. The highest BCUT2D eigenvalue weighted by molar-refractivity contribution is 6.13. The number of rotatable bonds is 16. The molecule has 0 aliphatic rings. The molecule has 0 amide bonds. The third-order valence-corrected chi connectivity index (χ3v) is 22.6. The number of para-hydroxylation sites is 1. The Kier molecular flexibility index (Phi) is 17.5. The second-order valence-electron chi connectivity index (χ2n) is 29.8. The van der Waals surface area contributed by atoms with Gasteiger partial charge in [-0.1, -0.05) is 328 Å². The predicted molar refractivity (Wildman–Crippen MR) is 483 cm³/mol. The van der Waals surface area contributed by atoms with E-state index in [9.17, 15) is 0 Å². The normalized spacial score (nSPS) is 11.4. The van der Waals surface area contributed by atoms with Gasteiger partial charge in [-0.2, -0.15) is 0 Å². The monoisotopic (exact) mass is 1480 g/mol. The summed E-state index contributed by atoms with van der Waals surface area (Å²) in [5.74, 6) is 1.87. The van der Waals surface area contributed by atoms with E-state index in [0.29, 0.717) is 17.5 Å². The van der Waals surface area contributed by atoms with Crippen molar-refractivity contribution < 1.29 is 4.42 Å². The Morgan fingerprint density at radius 3 is 0.828 bits per heavy atom. The summed E-state index contributed by atoms with van der Waals surface area (Å²) in [6.45, 7) is 0. The number of nitrogens with zero attached hydrogens (tertiary/aromatic N) is 4. The smallest absolute Gasteiger partial charge is 0.164 e. The van der Waals surface area contributed by atoms with Crippen LogP contribution in [0.4, 0.5) is 0 Å². The van der Waals surface area contributed by atoms with E-state index in [1.54, 1.807) is 0 Å². The number of benzene rings is 18. The molecule has 0 radical (unpaired) electrons. The Morgan fingerprint density at radius 1 is 0.164 bits per heavy atom. The SMILES string of the molecule is c1ccc(-c2cccc(-c3cccc(-c4ccc5c(c4)c4cc(-c6cccc(-c7cccc(-c8ccccc8)c7)c6)ccc4n5-c4cccc(-c5cccc(-c6cccc(-c7cc(-c8cccc(-c9cccc(-c%10cccc(-c%11nc(-c%12ccccc%12)nc(-c%12ccccc%12)n%11)c%10)c9)c8)c8oc9ccccc9c8c7)c6)c5)c4)c3)c2)cc1. The molecule has 0 N–H and O–H groups in total. The van der Waals surface area contributed by atoms with Gasteiger partial charge in [-0.05, 0) is 237 Å². The summed E-state index contributed by atoms with van der Waals surface area (Å²) >= 11 is 0. The summed E-state index contributed by atoms with van der Waals surface area (Å²) < 4.78 is 9.33. The van der Waals surface area contributed by atoms with Crippen molar-refractivity contribution in [1.29, 1.82) is 0 Å². The van der Waals surface area contributed by atoms with Crippen LogP contribution in [0.2, 0.25) is 0 Å². The molecule has 0 atom stereocenters. The molecule has 0 aliphatic carbocycles. The molecule has 542 valence electrons. The van der Waals surface area contributed by atoms with Crippen molar-refractivity contribution in [2.45, 2.75) is 0 Å². The quantitative estimate of drug-likeness (QED) is 0.0967. The molecule has 21 aromatic rings. The highest BCUT2D eigenvalue weighted by atomic mass is 16.3. The van der Waals surface area contributed by atoms with Crippen molar-refractivity contribution in [3.8, 4) is 173 Å². The van der Waals surface area contributed by atoms with Crippen molar-refractivity contribution in [2.24, 2.45) is 0 Å². The molecule has 0 spiro atoms. The van der Waals surface area contributed by atoms with E-state index >= 15 is 0 Å². The maximum absolute atomic E-state index is 6.87. The minimum Gasteiger partial charge on any atom is -0.455 e. The number of hydrogen-bond donors (Lipinski definition) is 0. The van der Waals surface area contributed by atoms with Crippen LogP contribution in [0, 0.1) is 0 Å². The number of fused-ring (bicyclic) bond motifs is 6. The van der Waals surface area contributed by atoms with Crippen LogP contribution in [-0.2, 0) is 0 Å². The van der Waals surface area contributed by atoms with Gasteiger partial charge in [0.1, 0.15) is 11.2 Å². The molecular weight excluding hydrogens is 1410 g/mol. The molecule has 21 rings (SSSR count). The molecule has 5 nitrogen and oxygen atoms in total. The van der Waals surface area contributed by atoms with Gasteiger partial charge in [0.05, 0.1) is 11.0 Å². The molecule has 0 unspecified atom stereocenters. The van der Waals surface area contributed by atoms with E-state index in [-0.39, 0.29) is 0 Å². The van der Waals surface area contributed by atoms with Gasteiger partial charge in [-0.3, -0.25) is 0 Å². The van der Waals surface area contributed by atoms with Gasteiger partial charge in [0.2, 0.25) is 0 Å². The van der Waals surface area contributed by atoms with Gasteiger partial charge in [0.25, 0.3) is 0 Å². The standard InChI is InChI=1S/C111H72N4O/c1-5-25-73(26-6-1)77-33-15-35-79(59-77)82-38-19-44-88(63-82)94-55-57-105-102(69-94)103-70-95(89-45-20-39-83(64-89)80-36-16-34-78(60-80)74-27-7-2-8-28-74)56-58-106(103)115(105)99-52-24-49-93(68-99)87-43-18-37-81(62-87)86-42-21-48-92(65-86)98-71-101(108-104(72-98)100-53-13-14-54-107(100)116-108)96-50-22-46-90(66-96)84-40-17-41-85(61-84)91-47-23-51-97(67-91)111-113-109(75-29-9-3-10-30-75)112-110(114-111)76-31-11-4-12-32-76/h1-72H. The Balaban J connectivity index is 0.611. The first-order chi connectivity index (χ1) is 57.4. The summed E-state index contributed by atoms with van der Waals surface area (Å²) in [6.07, 6.45) is 0. The van der Waals surface area contributed by atoms with E-state index in [1.165, 1.54) is 55.3 Å². The Hall–Kier alpha value is -15.4. The molecule has 0 aliphatic heterocycles. The molecule has 116 heavy (non-hydrogen) atoms. The lowest BCUT2D eigenvalue weighted by molar-refractivity contribution is 0.670. The van der Waals surface area contributed by atoms with Crippen molar-refractivity contribution in [1.82, 2.24) is 19.5 Å². The van der Waals surface area contributed by atoms with Gasteiger partial charge >= 0.3 is 0 Å². The van der Waals surface area contributed by atoms with E-state index in [4.69, 9.17) is 19.4 Å².